The van der Waals surface area contributed by atoms with Crippen molar-refractivity contribution in [1.29, 1.82) is 0 Å². The van der Waals surface area contributed by atoms with E-state index in [2.05, 4.69) is 4.72 Å². The van der Waals surface area contributed by atoms with Crippen LogP contribution in [0.25, 0.3) is 0 Å². The number of anilines is 1. The topological polar surface area (TPSA) is 55.4 Å². The molecule has 0 atom stereocenters. The molecule has 0 aliphatic carbocycles. The normalized spacial score (nSPS) is 11.8. The van der Waals surface area contributed by atoms with E-state index in [9.17, 15) is 8.42 Å². The van der Waals surface area contributed by atoms with Gasteiger partial charge in [0.2, 0.25) is 10.0 Å². The van der Waals surface area contributed by atoms with E-state index in [1.54, 1.807) is 6.07 Å². The molecule has 1 N–H and O–H groups in total. The zero-order valence-corrected chi connectivity index (χ0v) is 13.5. The van der Waals surface area contributed by atoms with Gasteiger partial charge in [-0.15, -0.1) is 11.6 Å². The molecule has 0 fully saturated rings. The van der Waals surface area contributed by atoms with E-state index in [1.165, 1.54) is 0 Å². The van der Waals surface area contributed by atoms with Crippen LogP contribution in [-0.2, 0) is 21.2 Å². The molecule has 1 aromatic carbocycles. The van der Waals surface area contributed by atoms with Crippen LogP contribution in [0.4, 0.5) is 5.69 Å². The summed E-state index contributed by atoms with van der Waals surface area (Å²) in [6.07, 6.45) is 1.75. The second kappa shape index (κ2) is 8.49. The molecule has 20 heavy (non-hydrogen) atoms. The van der Waals surface area contributed by atoms with Crippen molar-refractivity contribution >= 4 is 27.3 Å². The number of alkyl halides is 1. The lowest BCUT2D eigenvalue weighted by Crippen LogP contribution is -2.21. The van der Waals surface area contributed by atoms with Gasteiger partial charge in [-0.1, -0.05) is 12.1 Å². The smallest absolute Gasteiger partial charge is 0.235 e. The molecule has 6 heteroatoms. The molecule has 4 nitrogen and oxygen atoms in total. The summed E-state index contributed by atoms with van der Waals surface area (Å²) in [5.41, 5.74) is 1.66. The SMILES string of the molecule is CC(C)OCCS(=O)(=O)Nc1cccc(CCCCl)c1. The van der Waals surface area contributed by atoms with Crippen LogP contribution in [0.3, 0.4) is 0 Å². The Balaban J connectivity index is 2.58. The second-order valence-corrected chi connectivity index (χ2v) is 7.05. The van der Waals surface area contributed by atoms with E-state index < -0.39 is 10.0 Å². The minimum absolute atomic E-state index is 0.0316. The predicted octanol–water partition coefficient (Wildman–Crippen LogP) is 3.02. The summed E-state index contributed by atoms with van der Waals surface area (Å²) in [5.74, 6) is 0.555. The molecular formula is C14H22ClNO3S. The molecule has 0 radical (unpaired) electrons. The molecule has 0 heterocycles. The molecule has 0 bridgehead atoms. The Kier molecular flexibility index (Phi) is 7.34. The number of rotatable bonds is 9. The first-order valence-corrected chi connectivity index (χ1v) is 8.88. The molecule has 0 saturated heterocycles. The molecule has 1 aromatic rings. The zero-order chi connectivity index (χ0) is 15.0. The van der Waals surface area contributed by atoms with Crippen molar-refractivity contribution in [2.45, 2.75) is 32.8 Å². The molecule has 0 aromatic heterocycles. The van der Waals surface area contributed by atoms with Crippen molar-refractivity contribution in [1.82, 2.24) is 0 Å². The Morgan fingerprint density at radius 1 is 1.35 bits per heavy atom. The van der Waals surface area contributed by atoms with Crippen molar-refractivity contribution < 1.29 is 13.2 Å². The van der Waals surface area contributed by atoms with E-state index in [0.717, 1.165) is 18.4 Å². The van der Waals surface area contributed by atoms with E-state index in [0.29, 0.717) is 11.6 Å². The first-order valence-electron chi connectivity index (χ1n) is 6.70. The highest BCUT2D eigenvalue weighted by Gasteiger charge is 2.11. The summed E-state index contributed by atoms with van der Waals surface area (Å²) in [4.78, 5) is 0. The molecular weight excluding hydrogens is 298 g/mol. The fourth-order valence-electron chi connectivity index (χ4n) is 1.69. The van der Waals surface area contributed by atoms with Gasteiger partial charge in [-0.3, -0.25) is 4.72 Å². The predicted molar refractivity (Wildman–Crippen MR) is 84.0 cm³/mol. The number of aryl methyl sites for hydroxylation is 1. The Morgan fingerprint density at radius 3 is 2.75 bits per heavy atom. The van der Waals surface area contributed by atoms with Crippen LogP contribution < -0.4 is 4.72 Å². The van der Waals surface area contributed by atoms with E-state index in [-0.39, 0.29) is 18.5 Å². The number of halogens is 1. The summed E-state index contributed by atoms with van der Waals surface area (Å²) >= 11 is 5.65. The Hall–Kier alpha value is -0.780. The molecule has 114 valence electrons. The van der Waals surface area contributed by atoms with Gasteiger partial charge >= 0.3 is 0 Å². The first-order chi connectivity index (χ1) is 9.43. The largest absolute Gasteiger partial charge is 0.378 e. The molecule has 0 unspecified atom stereocenters. The maximum Gasteiger partial charge on any atom is 0.235 e. The summed E-state index contributed by atoms with van der Waals surface area (Å²) < 4.78 is 31.6. The van der Waals surface area contributed by atoms with Gasteiger partial charge in [0.05, 0.1) is 18.5 Å². The van der Waals surface area contributed by atoms with E-state index in [4.69, 9.17) is 16.3 Å². The van der Waals surface area contributed by atoms with Crippen LogP contribution in [-0.4, -0.2) is 32.8 Å². The quantitative estimate of drug-likeness (QED) is 0.712. The highest BCUT2D eigenvalue weighted by Crippen LogP contribution is 2.14. The first kappa shape index (κ1) is 17.3. The second-order valence-electron chi connectivity index (χ2n) is 4.83. The molecule has 0 amide bonds. The number of sulfonamides is 1. The van der Waals surface area contributed by atoms with Crippen LogP contribution in [0.2, 0.25) is 0 Å². The Bertz CT molecular complexity index is 503. The third-order valence-corrected chi connectivity index (χ3v) is 4.12. The lowest BCUT2D eigenvalue weighted by atomic mass is 10.1. The van der Waals surface area contributed by atoms with Gasteiger partial charge in [0.15, 0.2) is 0 Å². The average Bonchev–Trinajstić information content (AvgIpc) is 2.35. The minimum Gasteiger partial charge on any atom is -0.378 e. The van der Waals surface area contributed by atoms with Gasteiger partial charge in [0, 0.05) is 11.6 Å². The van der Waals surface area contributed by atoms with Crippen molar-refractivity contribution in [2.75, 3.05) is 23.0 Å². The van der Waals surface area contributed by atoms with Gasteiger partial charge in [0.1, 0.15) is 0 Å². The third-order valence-electron chi connectivity index (χ3n) is 2.60. The zero-order valence-electron chi connectivity index (χ0n) is 11.9. The molecule has 0 aliphatic rings. The maximum absolute atomic E-state index is 11.9. The summed E-state index contributed by atoms with van der Waals surface area (Å²) in [6, 6.07) is 7.39. The van der Waals surface area contributed by atoms with Gasteiger partial charge in [-0.25, -0.2) is 8.42 Å². The van der Waals surface area contributed by atoms with Gasteiger partial charge in [-0.2, -0.15) is 0 Å². The van der Waals surface area contributed by atoms with Crippen LogP contribution in [0.15, 0.2) is 24.3 Å². The van der Waals surface area contributed by atoms with Gasteiger partial charge in [0.25, 0.3) is 0 Å². The maximum atomic E-state index is 11.9. The monoisotopic (exact) mass is 319 g/mol. The van der Waals surface area contributed by atoms with Crippen molar-refractivity contribution in [3.8, 4) is 0 Å². The van der Waals surface area contributed by atoms with Gasteiger partial charge in [-0.05, 0) is 44.4 Å². The van der Waals surface area contributed by atoms with Crippen LogP contribution in [0.5, 0.6) is 0 Å². The number of nitrogens with one attached hydrogen (secondary N) is 1. The number of benzene rings is 1. The van der Waals surface area contributed by atoms with Gasteiger partial charge < -0.3 is 4.74 Å². The Labute approximate surface area is 126 Å². The molecule has 0 saturated carbocycles. The highest BCUT2D eigenvalue weighted by molar-refractivity contribution is 7.92. The van der Waals surface area contributed by atoms with Crippen LogP contribution in [0, 0.1) is 0 Å². The fourth-order valence-corrected chi connectivity index (χ4v) is 2.72. The number of hydrogen-bond donors (Lipinski definition) is 1. The molecule has 0 spiro atoms. The average molecular weight is 320 g/mol. The van der Waals surface area contributed by atoms with Crippen LogP contribution >= 0.6 is 11.6 Å². The standard InChI is InChI=1S/C14H22ClNO3S/c1-12(2)19-9-10-20(17,18)16-14-7-3-5-13(11-14)6-4-8-15/h3,5,7,11-12,16H,4,6,8-10H2,1-2H3. The molecule has 0 aliphatic heterocycles. The highest BCUT2D eigenvalue weighted by atomic mass is 35.5. The lowest BCUT2D eigenvalue weighted by Gasteiger charge is -2.11. The third kappa shape index (κ3) is 7.12. The lowest BCUT2D eigenvalue weighted by molar-refractivity contribution is 0.0913. The number of hydrogen-bond acceptors (Lipinski definition) is 3. The van der Waals surface area contributed by atoms with E-state index >= 15 is 0 Å². The summed E-state index contributed by atoms with van der Waals surface area (Å²) in [5, 5.41) is 0. The van der Waals surface area contributed by atoms with E-state index in [1.807, 2.05) is 32.0 Å². The van der Waals surface area contributed by atoms with Crippen molar-refractivity contribution in [2.24, 2.45) is 0 Å². The summed E-state index contributed by atoms with van der Waals surface area (Å²) in [6.45, 7) is 3.94. The fraction of sp³-hybridized carbons (Fsp3) is 0.571. The minimum atomic E-state index is -3.37. The van der Waals surface area contributed by atoms with Crippen molar-refractivity contribution in [3.63, 3.8) is 0 Å². The summed E-state index contributed by atoms with van der Waals surface area (Å²) in [7, 11) is -3.37. The Morgan fingerprint density at radius 2 is 2.10 bits per heavy atom. The molecule has 1 rings (SSSR count). The van der Waals surface area contributed by atoms with Crippen molar-refractivity contribution in [3.05, 3.63) is 29.8 Å². The van der Waals surface area contributed by atoms with Crippen LogP contribution in [0.1, 0.15) is 25.8 Å². The number of ether oxygens (including phenoxy) is 1.